The topological polar surface area (TPSA) is 34.1 Å². The summed E-state index contributed by atoms with van der Waals surface area (Å²) in [6.07, 6.45) is 1.29. The minimum absolute atomic E-state index is 0.0466. The lowest BCUT2D eigenvalue weighted by Crippen LogP contribution is -2.02. The molecular formula is C19H17BrO2S2. The number of hydrogen-bond donors (Lipinski definition) is 0. The number of benzene rings is 2. The van der Waals surface area contributed by atoms with Crippen molar-refractivity contribution in [3.63, 3.8) is 0 Å². The van der Waals surface area contributed by atoms with E-state index in [0.717, 1.165) is 32.0 Å². The minimum Gasteiger partial charge on any atom is -0.229 e. The predicted molar refractivity (Wildman–Crippen MR) is 106 cm³/mol. The lowest BCUT2D eigenvalue weighted by Gasteiger charge is -2.08. The standard InChI is InChI=1S/C19H17BrO2S2/c1-24(21,22)13-16-18(14-8-4-2-5-9-14)17(12-20)23-19(16)15-10-6-3-7-11-15/h2-11H,12-13H2,1H3. The van der Waals surface area contributed by atoms with E-state index in [0.29, 0.717) is 5.33 Å². The number of thiophene rings is 1. The zero-order valence-electron chi connectivity index (χ0n) is 13.2. The maximum atomic E-state index is 12.1. The van der Waals surface area contributed by atoms with Crippen LogP contribution in [0.25, 0.3) is 21.6 Å². The van der Waals surface area contributed by atoms with Crippen molar-refractivity contribution in [3.05, 3.63) is 71.1 Å². The molecule has 0 aliphatic rings. The quantitative estimate of drug-likeness (QED) is 0.509. The number of alkyl halides is 1. The van der Waals surface area contributed by atoms with Gasteiger partial charge in [0.1, 0.15) is 0 Å². The molecule has 3 aromatic rings. The summed E-state index contributed by atoms with van der Waals surface area (Å²) in [5.41, 5.74) is 4.06. The number of halogens is 1. The Morgan fingerprint density at radius 1 is 0.917 bits per heavy atom. The molecule has 0 saturated heterocycles. The van der Waals surface area contributed by atoms with Crippen LogP contribution in [0, 0.1) is 0 Å². The van der Waals surface area contributed by atoms with Crippen molar-refractivity contribution in [2.24, 2.45) is 0 Å². The summed E-state index contributed by atoms with van der Waals surface area (Å²) in [6.45, 7) is 0. The van der Waals surface area contributed by atoms with Gasteiger partial charge in [0.2, 0.25) is 0 Å². The molecule has 24 heavy (non-hydrogen) atoms. The van der Waals surface area contributed by atoms with E-state index in [1.165, 1.54) is 6.26 Å². The summed E-state index contributed by atoms with van der Waals surface area (Å²) in [7, 11) is -3.14. The lowest BCUT2D eigenvalue weighted by atomic mass is 9.99. The van der Waals surface area contributed by atoms with Crippen LogP contribution in [0.5, 0.6) is 0 Å². The summed E-state index contributed by atoms with van der Waals surface area (Å²) >= 11 is 5.23. The van der Waals surface area contributed by atoms with Crippen molar-refractivity contribution in [1.29, 1.82) is 0 Å². The smallest absolute Gasteiger partial charge is 0.151 e. The van der Waals surface area contributed by atoms with E-state index in [9.17, 15) is 8.42 Å². The summed E-state index contributed by atoms with van der Waals surface area (Å²) in [4.78, 5) is 2.19. The van der Waals surface area contributed by atoms with Gasteiger partial charge in [0.15, 0.2) is 9.84 Å². The van der Waals surface area contributed by atoms with Crippen LogP contribution in [-0.4, -0.2) is 14.7 Å². The van der Waals surface area contributed by atoms with Crippen LogP contribution >= 0.6 is 27.3 Å². The fraction of sp³-hybridized carbons (Fsp3) is 0.158. The van der Waals surface area contributed by atoms with E-state index in [-0.39, 0.29) is 5.75 Å². The van der Waals surface area contributed by atoms with Gasteiger partial charge in [-0.1, -0.05) is 76.6 Å². The Bertz CT molecular complexity index is 930. The SMILES string of the molecule is CS(=O)(=O)Cc1c(-c2ccccc2)sc(CBr)c1-c1ccccc1. The van der Waals surface area contributed by atoms with E-state index in [1.54, 1.807) is 11.3 Å². The molecule has 5 heteroatoms. The van der Waals surface area contributed by atoms with Gasteiger partial charge in [-0.3, -0.25) is 0 Å². The Hall–Kier alpha value is -1.43. The zero-order valence-corrected chi connectivity index (χ0v) is 16.4. The second kappa shape index (κ2) is 7.21. The van der Waals surface area contributed by atoms with Crippen LogP contribution in [0.4, 0.5) is 0 Å². The molecule has 0 aliphatic carbocycles. The maximum absolute atomic E-state index is 12.1. The highest BCUT2D eigenvalue weighted by Gasteiger charge is 2.22. The fourth-order valence-corrected chi connectivity index (χ4v) is 5.50. The highest BCUT2D eigenvalue weighted by atomic mass is 79.9. The monoisotopic (exact) mass is 420 g/mol. The fourth-order valence-electron chi connectivity index (χ4n) is 2.77. The van der Waals surface area contributed by atoms with Gasteiger partial charge in [0, 0.05) is 26.9 Å². The molecule has 0 N–H and O–H groups in total. The van der Waals surface area contributed by atoms with E-state index in [1.807, 2.05) is 60.7 Å². The summed E-state index contributed by atoms with van der Waals surface area (Å²) < 4.78 is 24.1. The molecule has 2 nitrogen and oxygen atoms in total. The molecule has 2 aromatic carbocycles. The third-order valence-corrected chi connectivity index (χ3v) is 6.73. The summed E-state index contributed by atoms with van der Waals surface area (Å²) in [6, 6.07) is 20.0. The van der Waals surface area contributed by atoms with Crippen LogP contribution in [0.2, 0.25) is 0 Å². The third-order valence-electron chi connectivity index (χ3n) is 3.71. The Morgan fingerprint density at radius 3 is 1.96 bits per heavy atom. The average Bonchev–Trinajstić information content (AvgIpc) is 2.93. The van der Waals surface area contributed by atoms with Crippen molar-refractivity contribution < 1.29 is 8.42 Å². The Labute approximate surface area is 155 Å². The van der Waals surface area contributed by atoms with Crippen LogP contribution in [0.15, 0.2) is 60.7 Å². The van der Waals surface area contributed by atoms with Crippen molar-refractivity contribution in [2.45, 2.75) is 11.1 Å². The van der Waals surface area contributed by atoms with Gasteiger partial charge in [-0.15, -0.1) is 11.3 Å². The van der Waals surface area contributed by atoms with Gasteiger partial charge in [0.05, 0.1) is 5.75 Å². The molecule has 0 radical (unpaired) electrons. The molecule has 3 rings (SSSR count). The van der Waals surface area contributed by atoms with E-state index < -0.39 is 9.84 Å². The van der Waals surface area contributed by atoms with Gasteiger partial charge >= 0.3 is 0 Å². The van der Waals surface area contributed by atoms with Crippen molar-refractivity contribution >= 4 is 37.1 Å². The largest absolute Gasteiger partial charge is 0.229 e. The zero-order chi connectivity index (χ0) is 17.2. The third kappa shape index (κ3) is 3.79. The maximum Gasteiger partial charge on any atom is 0.151 e. The molecule has 0 fully saturated rings. The van der Waals surface area contributed by atoms with Crippen LogP contribution in [-0.2, 0) is 20.9 Å². The highest BCUT2D eigenvalue weighted by Crippen LogP contribution is 2.44. The van der Waals surface area contributed by atoms with Gasteiger partial charge < -0.3 is 0 Å². The van der Waals surface area contributed by atoms with Gasteiger partial charge in [-0.05, 0) is 16.7 Å². The first-order valence-corrected chi connectivity index (χ1v) is 11.5. The van der Waals surface area contributed by atoms with Crippen LogP contribution < -0.4 is 0 Å². The lowest BCUT2D eigenvalue weighted by molar-refractivity contribution is 0.601. The number of sulfone groups is 1. The van der Waals surface area contributed by atoms with Crippen molar-refractivity contribution in [3.8, 4) is 21.6 Å². The van der Waals surface area contributed by atoms with Gasteiger partial charge in [0.25, 0.3) is 0 Å². The van der Waals surface area contributed by atoms with Gasteiger partial charge in [-0.25, -0.2) is 8.42 Å². The molecule has 124 valence electrons. The first-order valence-electron chi connectivity index (χ1n) is 7.48. The summed E-state index contributed by atoms with van der Waals surface area (Å²) in [5, 5.41) is 0.700. The van der Waals surface area contributed by atoms with Gasteiger partial charge in [-0.2, -0.15) is 0 Å². The Morgan fingerprint density at radius 2 is 1.46 bits per heavy atom. The molecular weight excluding hydrogens is 404 g/mol. The molecule has 1 heterocycles. The second-order valence-corrected chi connectivity index (χ2v) is 9.45. The molecule has 0 spiro atoms. The van der Waals surface area contributed by atoms with Crippen molar-refractivity contribution in [1.82, 2.24) is 0 Å². The van der Waals surface area contributed by atoms with E-state index in [2.05, 4.69) is 15.9 Å². The summed E-state index contributed by atoms with van der Waals surface area (Å²) in [5.74, 6) is 0.0466. The van der Waals surface area contributed by atoms with E-state index in [4.69, 9.17) is 0 Å². The first-order chi connectivity index (χ1) is 11.5. The van der Waals surface area contributed by atoms with E-state index >= 15 is 0 Å². The first kappa shape index (κ1) is 17.4. The molecule has 0 amide bonds. The highest BCUT2D eigenvalue weighted by molar-refractivity contribution is 9.08. The minimum atomic E-state index is -3.14. The molecule has 0 atom stereocenters. The number of hydrogen-bond acceptors (Lipinski definition) is 3. The Balaban J connectivity index is 2.29. The Kier molecular flexibility index (Phi) is 5.23. The predicted octanol–water partition coefficient (Wildman–Crippen LogP) is 5.52. The molecule has 0 saturated carbocycles. The molecule has 0 unspecified atom stereocenters. The van der Waals surface area contributed by atoms with Crippen LogP contribution in [0.3, 0.4) is 0 Å². The van der Waals surface area contributed by atoms with Crippen LogP contribution in [0.1, 0.15) is 10.4 Å². The molecule has 0 bridgehead atoms. The second-order valence-electron chi connectivity index (χ2n) is 5.64. The number of rotatable bonds is 5. The normalized spacial score (nSPS) is 11.6. The average molecular weight is 421 g/mol. The molecule has 1 aromatic heterocycles. The molecule has 0 aliphatic heterocycles. The van der Waals surface area contributed by atoms with Crippen molar-refractivity contribution in [2.75, 3.05) is 6.26 Å².